The zero-order valence-electron chi connectivity index (χ0n) is 16.2. The fourth-order valence-corrected chi connectivity index (χ4v) is 4.56. The quantitative estimate of drug-likeness (QED) is 0.511. The summed E-state index contributed by atoms with van der Waals surface area (Å²) in [5, 5.41) is 3.22. The molecule has 0 spiro atoms. The van der Waals surface area contributed by atoms with Gasteiger partial charge in [0.1, 0.15) is 6.54 Å². The minimum atomic E-state index is -4.01. The molecule has 0 heterocycles. The molecule has 0 saturated heterocycles. The first-order valence-corrected chi connectivity index (χ1v) is 11.4. The van der Waals surface area contributed by atoms with Crippen LogP contribution in [0.5, 0.6) is 0 Å². The number of carbonyl (C=O) groups is 1. The molecule has 1 N–H and O–H groups in total. The van der Waals surface area contributed by atoms with Crippen molar-refractivity contribution in [2.24, 2.45) is 0 Å². The molecule has 8 heteroatoms. The summed E-state index contributed by atoms with van der Waals surface area (Å²) < 4.78 is 27.6. The van der Waals surface area contributed by atoms with Gasteiger partial charge >= 0.3 is 0 Å². The average Bonchev–Trinajstić information content (AvgIpc) is 2.75. The SMILES string of the molecule is CCc1ccc(NC(=O)CN(c2ccc(Cl)c(Cl)c2)S(=O)(=O)c2ccccc2)cc1. The summed E-state index contributed by atoms with van der Waals surface area (Å²) >= 11 is 12.1. The van der Waals surface area contributed by atoms with Gasteiger partial charge in [-0.2, -0.15) is 0 Å². The van der Waals surface area contributed by atoms with Gasteiger partial charge in [-0.3, -0.25) is 9.10 Å². The molecule has 0 aliphatic carbocycles. The van der Waals surface area contributed by atoms with Crippen molar-refractivity contribution in [2.45, 2.75) is 18.2 Å². The van der Waals surface area contributed by atoms with Crippen LogP contribution in [0.3, 0.4) is 0 Å². The molecular weight excluding hydrogens is 443 g/mol. The summed E-state index contributed by atoms with van der Waals surface area (Å²) in [7, 11) is -4.01. The second-order valence-electron chi connectivity index (χ2n) is 6.52. The van der Waals surface area contributed by atoms with Crippen LogP contribution in [0.2, 0.25) is 10.0 Å². The topological polar surface area (TPSA) is 66.5 Å². The number of nitrogens with one attached hydrogen (secondary N) is 1. The number of hydrogen-bond donors (Lipinski definition) is 1. The number of amides is 1. The zero-order chi connectivity index (χ0) is 21.7. The van der Waals surface area contributed by atoms with Crippen molar-refractivity contribution in [1.82, 2.24) is 0 Å². The van der Waals surface area contributed by atoms with E-state index in [0.29, 0.717) is 5.69 Å². The van der Waals surface area contributed by atoms with Gasteiger partial charge in [-0.15, -0.1) is 0 Å². The van der Waals surface area contributed by atoms with Crippen LogP contribution in [-0.2, 0) is 21.2 Å². The molecule has 30 heavy (non-hydrogen) atoms. The second-order valence-corrected chi connectivity index (χ2v) is 9.20. The summed E-state index contributed by atoms with van der Waals surface area (Å²) in [6, 6.07) is 19.7. The van der Waals surface area contributed by atoms with Crippen LogP contribution >= 0.6 is 23.2 Å². The van der Waals surface area contributed by atoms with E-state index in [1.54, 1.807) is 30.3 Å². The van der Waals surface area contributed by atoms with Gasteiger partial charge in [-0.05, 0) is 54.4 Å². The van der Waals surface area contributed by atoms with Crippen LogP contribution in [0.15, 0.2) is 77.7 Å². The summed E-state index contributed by atoms with van der Waals surface area (Å²) in [6.07, 6.45) is 0.884. The van der Waals surface area contributed by atoms with Crippen LogP contribution in [0, 0.1) is 0 Å². The monoisotopic (exact) mass is 462 g/mol. The summed E-state index contributed by atoms with van der Waals surface area (Å²) in [6.45, 7) is 1.61. The predicted octanol–water partition coefficient (Wildman–Crippen LogP) is 5.39. The lowest BCUT2D eigenvalue weighted by molar-refractivity contribution is -0.114. The number of anilines is 2. The molecule has 3 rings (SSSR count). The maximum atomic E-state index is 13.3. The lowest BCUT2D eigenvalue weighted by Gasteiger charge is -2.24. The van der Waals surface area contributed by atoms with Crippen molar-refractivity contribution in [2.75, 3.05) is 16.2 Å². The van der Waals surface area contributed by atoms with Gasteiger partial charge < -0.3 is 5.32 Å². The first-order valence-electron chi connectivity index (χ1n) is 9.23. The zero-order valence-corrected chi connectivity index (χ0v) is 18.5. The Hall–Kier alpha value is -2.54. The largest absolute Gasteiger partial charge is 0.325 e. The van der Waals surface area contributed by atoms with Crippen molar-refractivity contribution < 1.29 is 13.2 Å². The Morgan fingerprint density at radius 3 is 2.20 bits per heavy atom. The minimum Gasteiger partial charge on any atom is -0.325 e. The second kappa shape index (κ2) is 9.51. The lowest BCUT2D eigenvalue weighted by Crippen LogP contribution is -2.38. The van der Waals surface area contributed by atoms with E-state index < -0.39 is 22.5 Å². The van der Waals surface area contributed by atoms with Gasteiger partial charge in [-0.25, -0.2) is 8.42 Å². The fourth-order valence-electron chi connectivity index (χ4n) is 2.83. The van der Waals surface area contributed by atoms with E-state index in [-0.39, 0.29) is 20.6 Å². The lowest BCUT2D eigenvalue weighted by atomic mass is 10.1. The molecule has 3 aromatic carbocycles. The number of sulfonamides is 1. The normalized spacial score (nSPS) is 11.2. The van der Waals surface area contributed by atoms with Gasteiger partial charge in [-0.1, -0.05) is 60.5 Å². The molecule has 156 valence electrons. The Bertz CT molecular complexity index is 1130. The maximum absolute atomic E-state index is 13.3. The number of rotatable bonds is 7. The Kier molecular flexibility index (Phi) is 7.02. The molecule has 5 nitrogen and oxygen atoms in total. The van der Waals surface area contributed by atoms with E-state index in [0.717, 1.165) is 16.3 Å². The molecule has 0 fully saturated rings. The third kappa shape index (κ3) is 5.14. The standard InChI is InChI=1S/C22H20Cl2N2O3S/c1-2-16-8-10-17(11-9-16)25-22(27)15-26(18-12-13-20(23)21(24)14-18)30(28,29)19-6-4-3-5-7-19/h3-14H,2,15H2,1H3,(H,25,27). The molecule has 0 bridgehead atoms. The highest BCUT2D eigenvalue weighted by atomic mass is 35.5. The molecule has 0 aliphatic rings. The first-order chi connectivity index (χ1) is 14.3. The number of benzene rings is 3. The van der Waals surface area contributed by atoms with Crippen molar-refractivity contribution >= 4 is 50.5 Å². The van der Waals surface area contributed by atoms with E-state index >= 15 is 0 Å². The van der Waals surface area contributed by atoms with Gasteiger partial charge in [0.2, 0.25) is 5.91 Å². The molecule has 3 aromatic rings. The van der Waals surface area contributed by atoms with Gasteiger partial charge in [0.05, 0.1) is 20.6 Å². The molecule has 0 unspecified atom stereocenters. The van der Waals surface area contributed by atoms with Crippen molar-refractivity contribution in [3.8, 4) is 0 Å². The highest BCUT2D eigenvalue weighted by molar-refractivity contribution is 7.92. The number of hydrogen-bond acceptors (Lipinski definition) is 3. The van der Waals surface area contributed by atoms with E-state index in [1.165, 1.54) is 30.3 Å². The number of nitrogens with zero attached hydrogens (tertiary/aromatic N) is 1. The Morgan fingerprint density at radius 2 is 1.60 bits per heavy atom. The number of halogens is 2. The van der Waals surface area contributed by atoms with Crippen molar-refractivity contribution in [1.29, 1.82) is 0 Å². The molecule has 1 amide bonds. The van der Waals surface area contributed by atoms with E-state index in [2.05, 4.69) is 5.32 Å². The smallest absolute Gasteiger partial charge is 0.264 e. The Labute approximate surface area is 186 Å². The molecule has 0 saturated carbocycles. The van der Waals surface area contributed by atoms with Gasteiger partial charge in [0, 0.05) is 5.69 Å². The molecule has 0 aromatic heterocycles. The van der Waals surface area contributed by atoms with Crippen molar-refractivity contribution in [3.05, 3.63) is 88.4 Å². The third-order valence-electron chi connectivity index (χ3n) is 4.46. The summed E-state index contributed by atoms with van der Waals surface area (Å²) in [5.74, 6) is -0.482. The van der Waals surface area contributed by atoms with Gasteiger partial charge in [0.15, 0.2) is 0 Å². The molecule has 0 aliphatic heterocycles. The molecule has 0 radical (unpaired) electrons. The van der Waals surface area contributed by atoms with Gasteiger partial charge in [0.25, 0.3) is 10.0 Å². The Morgan fingerprint density at radius 1 is 0.933 bits per heavy atom. The van der Waals surface area contributed by atoms with Crippen LogP contribution in [0.1, 0.15) is 12.5 Å². The molecule has 0 atom stereocenters. The highest BCUT2D eigenvalue weighted by Gasteiger charge is 2.27. The van der Waals surface area contributed by atoms with E-state index in [9.17, 15) is 13.2 Å². The highest BCUT2D eigenvalue weighted by Crippen LogP contribution is 2.30. The predicted molar refractivity (Wildman–Crippen MR) is 122 cm³/mol. The minimum absolute atomic E-state index is 0.0659. The Balaban J connectivity index is 1.92. The van der Waals surface area contributed by atoms with Crippen LogP contribution in [0.25, 0.3) is 0 Å². The fraction of sp³-hybridized carbons (Fsp3) is 0.136. The third-order valence-corrected chi connectivity index (χ3v) is 6.98. The summed E-state index contributed by atoms with van der Waals surface area (Å²) in [5.41, 5.74) is 1.96. The van der Waals surface area contributed by atoms with Crippen LogP contribution in [-0.4, -0.2) is 20.9 Å². The van der Waals surface area contributed by atoms with E-state index in [1.807, 2.05) is 19.1 Å². The van der Waals surface area contributed by atoms with Crippen LogP contribution < -0.4 is 9.62 Å². The molecular formula is C22H20Cl2N2O3S. The number of aryl methyl sites for hydroxylation is 1. The average molecular weight is 463 g/mol. The van der Waals surface area contributed by atoms with Crippen LogP contribution in [0.4, 0.5) is 11.4 Å². The number of carbonyl (C=O) groups excluding carboxylic acids is 1. The van der Waals surface area contributed by atoms with E-state index in [4.69, 9.17) is 23.2 Å². The first kappa shape index (κ1) is 22.2. The summed E-state index contributed by atoms with van der Waals surface area (Å²) in [4.78, 5) is 12.8. The van der Waals surface area contributed by atoms with Crippen molar-refractivity contribution in [3.63, 3.8) is 0 Å². The maximum Gasteiger partial charge on any atom is 0.264 e.